The topological polar surface area (TPSA) is 113 Å². The lowest BCUT2D eigenvalue weighted by molar-refractivity contribution is -0.140. The number of phenolic OH excluding ortho intramolecular Hbond substituents is 1. The number of phenols is 1. The molecule has 1 unspecified atom stereocenters. The number of benzene rings is 3. The SMILES string of the molecule is COC(=O)c1ccc(CN2C(=O)C(=O)/C(=C(/O)c3cc(C)ccc3OC)C2c2cccc(O)c2)cc1. The van der Waals surface area contributed by atoms with Gasteiger partial charge in [0.2, 0.25) is 0 Å². The molecule has 36 heavy (non-hydrogen) atoms. The second-order valence-electron chi connectivity index (χ2n) is 8.41. The van der Waals surface area contributed by atoms with Gasteiger partial charge in [-0.15, -0.1) is 0 Å². The Balaban J connectivity index is 1.84. The third-order valence-electron chi connectivity index (χ3n) is 6.06. The van der Waals surface area contributed by atoms with Gasteiger partial charge < -0.3 is 24.6 Å². The third kappa shape index (κ3) is 4.53. The molecule has 0 saturated carbocycles. The molecule has 0 aromatic heterocycles. The molecular formula is C28H25NO7. The van der Waals surface area contributed by atoms with Crippen LogP contribution in [0.3, 0.4) is 0 Å². The highest BCUT2D eigenvalue weighted by Gasteiger charge is 2.46. The minimum absolute atomic E-state index is 0.0219. The zero-order valence-electron chi connectivity index (χ0n) is 20.0. The van der Waals surface area contributed by atoms with Crippen molar-refractivity contribution in [1.82, 2.24) is 4.90 Å². The average Bonchev–Trinajstić information content (AvgIpc) is 3.13. The molecule has 0 bridgehead atoms. The molecule has 1 fully saturated rings. The van der Waals surface area contributed by atoms with Crippen molar-refractivity contribution < 1.29 is 34.1 Å². The molecule has 0 aliphatic carbocycles. The van der Waals surface area contributed by atoms with Crippen LogP contribution in [-0.2, 0) is 20.9 Å². The number of likely N-dealkylation sites (tertiary alicyclic amines) is 1. The summed E-state index contributed by atoms with van der Waals surface area (Å²) in [5.74, 6) is -2.21. The Morgan fingerprint density at radius 3 is 2.36 bits per heavy atom. The average molecular weight is 488 g/mol. The first-order valence-corrected chi connectivity index (χ1v) is 11.1. The van der Waals surface area contributed by atoms with Crippen LogP contribution in [0, 0.1) is 6.92 Å². The zero-order chi connectivity index (χ0) is 26.0. The molecule has 1 aliphatic rings. The number of carbonyl (C=O) groups excluding carboxylic acids is 3. The molecule has 184 valence electrons. The smallest absolute Gasteiger partial charge is 0.337 e. The summed E-state index contributed by atoms with van der Waals surface area (Å²) in [5.41, 5.74) is 2.45. The van der Waals surface area contributed by atoms with E-state index in [1.54, 1.807) is 54.6 Å². The highest BCUT2D eigenvalue weighted by molar-refractivity contribution is 6.46. The minimum atomic E-state index is -0.970. The van der Waals surface area contributed by atoms with Crippen molar-refractivity contribution in [2.75, 3.05) is 14.2 Å². The van der Waals surface area contributed by atoms with Crippen LogP contribution < -0.4 is 4.74 Å². The minimum Gasteiger partial charge on any atom is -0.508 e. The van der Waals surface area contributed by atoms with Crippen LogP contribution in [0.4, 0.5) is 0 Å². The highest BCUT2D eigenvalue weighted by atomic mass is 16.5. The highest BCUT2D eigenvalue weighted by Crippen LogP contribution is 2.42. The van der Waals surface area contributed by atoms with E-state index in [9.17, 15) is 24.6 Å². The van der Waals surface area contributed by atoms with Crippen LogP contribution in [0.2, 0.25) is 0 Å². The molecule has 3 aromatic rings. The number of aryl methyl sites for hydroxylation is 1. The fourth-order valence-corrected chi connectivity index (χ4v) is 4.30. The molecule has 1 aliphatic heterocycles. The van der Waals surface area contributed by atoms with Gasteiger partial charge in [-0.25, -0.2) is 4.79 Å². The zero-order valence-corrected chi connectivity index (χ0v) is 20.0. The fraction of sp³-hybridized carbons (Fsp3) is 0.179. The summed E-state index contributed by atoms with van der Waals surface area (Å²) in [6, 6.07) is 16.8. The largest absolute Gasteiger partial charge is 0.508 e. The van der Waals surface area contributed by atoms with Crippen LogP contribution in [0.25, 0.3) is 5.76 Å². The van der Waals surface area contributed by atoms with Gasteiger partial charge >= 0.3 is 5.97 Å². The van der Waals surface area contributed by atoms with E-state index < -0.39 is 23.7 Å². The third-order valence-corrected chi connectivity index (χ3v) is 6.06. The molecule has 8 heteroatoms. The van der Waals surface area contributed by atoms with Crippen molar-refractivity contribution in [2.45, 2.75) is 19.5 Å². The Kier molecular flexibility index (Phi) is 6.78. The van der Waals surface area contributed by atoms with E-state index in [1.165, 1.54) is 31.3 Å². The number of aromatic hydroxyl groups is 1. The molecule has 2 N–H and O–H groups in total. The van der Waals surface area contributed by atoms with Crippen molar-refractivity contribution in [3.8, 4) is 11.5 Å². The summed E-state index contributed by atoms with van der Waals surface area (Å²) in [5, 5.41) is 21.5. The number of hydrogen-bond donors (Lipinski definition) is 2. The molecule has 1 atom stereocenters. The van der Waals surface area contributed by atoms with Gasteiger partial charge in [-0.05, 0) is 54.4 Å². The quantitative estimate of drug-likeness (QED) is 0.233. The van der Waals surface area contributed by atoms with Crippen LogP contribution in [-0.4, -0.2) is 47.0 Å². The summed E-state index contributed by atoms with van der Waals surface area (Å²) in [6.07, 6.45) is 0. The molecule has 3 aromatic carbocycles. The number of aliphatic hydroxyl groups is 1. The Bertz CT molecular complexity index is 1370. The number of nitrogens with zero attached hydrogens (tertiary/aromatic N) is 1. The molecular weight excluding hydrogens is 462 g/mol. The van der Waals surface area contributed by atoms with Gasteiger partial charge in [0.25, 0.3) is 11.7 Å². The Morgan fingerprint density at radius 2 is 1.72 bits per heavy atom. The number of aliphatic hydroxyl groups excluding tert-OH is 1. The van der Waals surface area contributed by atoms with Gasteiger partial charge in [-0.3, -0.25) is 9.59 Å². The van der Waals surface area contributed by atoms with E-state index in [4.69, 9.17) is 9.47 Å². The predicted molar refractivity (Wildman–Crippen MR) is 131 cm³/mol. The van der Waals surface area contributed by atoms with E-state index in [1.807, 2.05) is 6.92 Å². The lowest BCUT2D eigenvalue weighted by Gasteiger charge is -2.26. The maximum Gasteiger partial charge on any atom is 0.337 e. The normalized spacial score (nSPS) is 16.8. The lowest BCUT2D eigenvalue weighted by Crippen LogP contribution is -2.29. The Hall–Kier alpha value is -4.59. The van der Waals surface area contributed by atoms with Gasteiger partial charge in [0.1, 0.15) is 17.3 Å². The number of hydrogen-bond acceptors (Lipinski definition) is 7. The van der Waals surface area contributed by atoms with Crippen LogP contribution in [0.15, 0.2) is 72.3 Å². The number of Topliss-reactive ketones (excluding diaryl/α,β-unsaturated/α-hetero) is 1. The van der Waals surface area contributed by atoms with Crippen molar-refractivity contribution in [2.24, 2.45) is 0 Å². The van der Waals surface area contributed by atoms with Gasteiger partial charge in [-0.1, -0.05) is 35.9 Å². The number of methoxy groups -OCH3 is 2. The number of rotatable bonds is 6. The molecule has 4 rings (SSSR count). The Labute approximate surface area is 208 Å². The lowest BCUT2D eigenvalue weighted by atomic mass is 9.94. The maximum absolute atomic E-state index is 13.3. The second kappa shape index (κ2) is 9.95. The number of amides is 1. The summed E-state index contributed by atoms with van der Waals surface area (Å²) in [6.45, 7) is 1.85. The first kappa shape index (κ1) is 24.5. The number of ketones is 1. The van der Waals surface area contributed by atoms with E-state index in [0.717, 1.165) is 5.56 Å². The van der Waals surface area contributed by atoms with E-state index >= 15 is 0 Å². The van der Waals surface area contributed by atoms with Crippen molar-refractivity contribution >= 4 is 23.4 Å². The molecule has 1 heterocycles. The van der Waals surface area contributed by atoms with Crippen LogP contribution >= 0.6 is 0 Å². The van der Waals surface area contributed by atoms with Crippen LogP contribution in [0.5, 0.6) is 11.5 Å². The van der Waals surface area contributed by atoms with Crippen molar-refractivity contribution in [3.63, 3.8) is 0 Å². The standard InChI is InChI=1S/C28H25NO7/c1-16-7-12-22(35-2)21(13-16)25(31)23-24(19-5-4-6-20(30)14-19)29(27(33)26(23)32)15-17-8-10-18(11-9-17)28(34)36-3/h4-14,24,30-31H,15H2,1-3H3/b25-23+. The van der Waals surface area contributed by atoms with Gasteiger partial charge in [0.05, 0.1) is 37.0 Å². The van der Waals surface area contributed by atoms with E-state index in [0.29, 0.717) is 22.4 Å². The molecule has 8 nitrogen and oxygen atoms in total. The summed E-state index contributed by atoms with van der Waals surface area (Å²) < 4.78 is 10.1. The first-order valence-electron chi connectivity index (χ1n) is 11.1. The maximum atomic E-state index is 13.3. The second-order valence-corrected chi connectivity index (χ2v) is 8.41. The summed E-state index contributed by atoms with van der Waals surface area (Å²) >= 11 is 0. The number of ether oxygens (including phenoxy) is 2. The van der Waals surface area contributed by atoms with Crippen molar-refractivity contribution in [1.29, 1.82) is 0 Å². The van der Waals surface area contributed by atoms with Gasteiger partial charge in [0, 0.05) is 6.54 Å². The number of esters is 1. The number of carbonyl (C=O) groups is 3. The van der Waals surface area contributed by atoms with Crippen molar-refractivity contribution in [3.05, 3.63) is 100 Å². The van der Waals surface area contributed by atoms with E-state index in [2.05, 4.69) is 0 Å². The molecule has 0 spiro atoms. The predicted octanol–water partition coefficient (Wildman–Crippen LogP) is 4.12. The van der Waals surface area contributed by atoms with Gasteiger partial charge in [0.15, 0.2) is 0 Å². The summed E-state index contributed by atoms with van der Waals surface area (Å²) in [4.78, 5) is 39.6. The van der Waals surface area contributed by atoms with Gasteiger partial charge in [-0.2, -0.15) is 0 Å². The first-order chi connectivity index (χ1) is 17.2. The molecule has 1 saturated heterocycles. The fourth-order valence-electron chi connectivity index (χ4n) is 4.30. The monoisotopic (exact) mass is 487 g/mol. The molecule has 0 radical (unpaired) electrons. The summed E-state index contributed by atoms with van der Waals surface area (Å²) in [7, 11) is 2.74. The molecule has 1 amide bonds. The van der Waals surface area contributed by atoms with E-state index in [-0.39, 0.29) is 29.2 Å². The van der Waals surface area contributed by atoms with Crippen LogP contribution in [0.1, 0.15) is 38.7 Å². The Morgan fingerprint density at radius 1 is 1.00 bits per heavy atom.